The van der Waals surface area contributed by atoms with Crippen molar-refractivity contribution in [3.05, 3.63) is 29.3 Å². The number of ether oxygens (including phenoxy) is 1. The fourth-order valence-corrected chi connectivity index (χ4v) is 4.18. The van der Waals surface area contributed by atoms with Crippen LogP contribution in [0.4, 0.5) is 5.69 Å². The number of amides is 1. The van der Waals surface area contributed by atoms with E-state index in [2.05, 4.69) is 28.4 Å². The van der Waals surface area contributed by atoms with Gasteiger partial charge in [0.2, 0.25) is 0 Å². The molecule has 2 heterocycles. The van der Waals surface area contributed by atoms with E-state index in [1.807, 2.05) is 18.7 Å². The van der Waals surface area contributed by atoms with E-state index in [9.17, 15) is 4.79 Å². The number of carbonyl (C=O) groups is 1. The second-order valence-electron chi connectivity index (χ2n) is 6.59. The van der Waals surface area contributed by atoms with Crippen molar-refractivity contribution in [1.29, 1.82) is 0 Å². The summed E-state index contributed by atoms with van der Waals surface area (Å²) < 4.78 is 5.69. The van der Waals surface area contributed by atoms with Crippen molar-refractivity contribution < 1.29 is 9.53 Å². The molecule has 1 aromatic rings. The molecule has 0 bridgehead atoms. The Bertz CT molecular complexity index is 586. The minimum atomic E-state index is -0.374. The summed E-state index contributed by atoms with van der Waals surface area (Å²) in [7, 11) is 0. The molecular formula is C18H29Cl2N3O2S. The summed E-state index contributed by atoms with van der Waals surface area (Å²) in [6.45, 7) is 5.72. The molecule has 0 saturated carbocycles. The van der Waals surface area contributed by atoms with Gasteiger partial charge in [-0.3, -0.25) is 9.69 Å². The third kappa shape index (κ3) is 6.29. The van der Waals surface area contributed by atoms with E-state index >= 15 is 0 Å². The molecule has 0 radical (unpaired) electrons. The number of aryl methyl sites for hydroxylation is 1. The molecule has 2 aliphatic heterocycles. The molecule has 2 fully saturated rings. The zero-order valence-electron chi connectivity index (χ0n) is 15.1. The number of nitrogens with one attached hydrogen (secondary N) is 1. The van der Waals surface area contributed by atoms with Gasteiger partial charge < -0.3 is 15.8 Å². The molecule has 2 aliphatic rings. The lowest BCUT2D eigenvalue weighted by atomic mass is 10.1. The van der Waals surface area contributed by atoms with Crippen molar-refractivity contribution in [2.75, 3.05) is 36.5 Å². The van der Waals surface area contributed by atoms with E-state index in [1.165, 1.54) is 17.1 Å². The van der Waals surface area contributed by atoms with Crippen LogP contribution in [0.1, 0.15) is 24.0 Å². The summed E-state index contributed by atoms with van der Waals surface area (Å²) in [5.41, 5.74) is 8.83. The first kappa shape index (κ1) is 23.5. The predicted molar refractivity (Wildman–Crippen MR) is 114 cm³/mol. The van der Waals surface area contributed by atoms with Gasteiger partial charge in [-0.25, -0.2) is 0 Å². The van der Waals surface area contributed by atoms with Crippen LogP contribution in [0.2, 0.25) is 0 Å². The number of thioether (sulfide) groups is 1. The first-order valence-electron chi connectivity index (χ1n) is 8.71. The van der Waals surface area contributed by atoms with E-state index in [4.69, 9.17) is 10.5 Å². The molecule has 5 nitrogen and oxygen atoms in total. The van der Waals surface area contributed by atoms with Crippen molar-refractivity contribution in [2.24, 2.45) is 5.73 Å². The number of hydrogen-bond donors (Lipinski definition) is 2. The maximum Gasteiger partial charge on any atom is 0.253 e. The fourth-order valence-electron chi connectivity index (χ4n) is 3.20. The topological polar surface area (TPSA) is 67.6 Å². The van der Waals surface area contributed by atoms with Gasteiger partial charge in [-0.2, -0.15) is 11.8 Å². The van der Waals surface area contributed by atoms with Crippen LogP contribution >= 0.6 is 36.6 Å². The van der Waals surface area contributed by atoms with Gasteiger partial charge in [0, 0.05) is 43.4 Å². The maximum atomic E-state index is 12.4. The average Bonchev–Trinajstić information content (AvgIpc) is 3.08. The zero-order chi connectivity index (χ0) is 16.9. The second kappa shape index (κ2) is 11.4. The highest BCUT2D eigenvalue weighted by molar-refractivity contribution is 7.99. The maximum absolute atomic E-state index is 12.4. The minimum Gasteiger partial charge on any atom is -0.364 e. The molecule has 0 spiro atoms. The van der Waals surface area contributed by atoms with Gasteiger partial charge in [0.15, 0.2) is 0 Å². The highest BCUT2D eigenvalue weighted by Crippen LogP contribution is 2.23. The molecule has 1 aromatic carbocycles. The standard InChI is InChI=1S/C18H27N3O2S.2ClH/c1-13-2-3-14(12-21-6-8-24-9-7-21)10-16(13)20-18(22)17-5-4-15(11-19)23-17;;/h2-3,10,15,17H,4-9,11-12,19H2,1H3,(H,20,22);2*1H/t15-,17+;;/m1../s1. The molecule has 3 rings (SSSR count). The summed E-state index contributed by atoms with van der Waals surface area (Å²) >= 11 is 2.02. The number of nitrogens with zero attached hydrogens (tertiary/aromatic N) is 1. The number of halogens is 2. The fraction of sp³-hybridized carbons (Fsp3) is 0.611. The van der Waals surface area contributed by atoms with Gasteiger partial charge in [0.1, 0.15) is 6.10 Å². The Labute approximate surface area is 172 Å². The van der Waals surface area contributed by atoms with Crippen molar-refractivity contribution in [3.63, 3.8) is 0 Å². The van der Waals surface area contributed by atoms with E-state index in [0.717, 1.165) is 43.7 Å². The van der Waals surface area contributed by atoms with Crippen LogP contribution in [0.15, 0.2) is 18.2 Å². The van der Waals surface area contributed by atoms with Crippen molar-refractivity contribution >= 4 is 48.2 Å². The number of nitrogens with two attached hydrogens (primary N) is 1. The first-order chi connectivity index (χ1) is 11.7. The summed E-state index contributed by atoms with van der Waals surface area (Å²) in [5.74, 6) is 2.36. The normalized spacial score (nSPS) is 23.0. The molecule has 0 aromatic heterocycles. The number of benzene rings is 1. The highest BCUT2D eigenvalue weighted by atomic mass is 35.5. The van der Waals surface area contributed by atoms with Crippen LogP contribution in [0.3, 0.4) is 0 Å². The van der Waals surface area contributed by atoms with Gasteiger partial charge >= 0.3 is 0 Å². The molecule has 2 atom stereocenters. The summed E-state index contributed by atoms with van der Waals surface area (Å²) in [5, 5.41) is 3.05. The molecular weight excluding hydrogens is 393 g/mol. The quantitative estimate of drug-likeness (QED) is 0.764. The number of hydrogen-bond acceptors (Lipinski definition) is 5. The predicted octanol–water partition coefficient (Wildman–Crippen LogP) is 2.83. The van der Waals surface area contributed by atoms with Gasteiger partial charge in [0.05, 0.1) is 6.10 Å². The van der Waals surface area contributed by atoms with E-state index in [-0.39, 0.29) is 42.9 Å². The van der Waals surface area contributed by atoms with Gasteiger partial charge in [-0.05, 0) is 37.0 Å². The van der Waals surface area contributed by atoms with Crippen LogP contribution in [0.5, 0.6) is 0 Å². The molecule has 26 heavy (non-hydrogen) atoms. The van der Waals surface area contributed by atoms with Crippen LogP contribution in [-0.2, 0) is 16.1 Å². The molecule has 148 valence electrons. The van der Waals surface area contributed by atoms with Crippen LogP contribution in [-0.4, -0.2) is 54.2 Å². The van der Waals surface area contributed by atoms with Crippen molar-refractivity contribution in [1.82, 2.24) is 4.90 Å². The van der Waals surface area contributed by atoms with Crippen LogP contribution in [0.25, 0.3) is 0 Å². The Morgan fingerprint density at radius 2 is 2.04 bits per heavy atom. The van der Waals surface area contributed by atoms with Crippen LogP contribution in [0, 0.1) is 6.92 Å². The van der Waals surface area contributed by atoms with Gasteiger partial charge in [-0.1, -0.05) is 12.1 Å². The number of rotatable bonds is 5. The van der Waals surface area contributed by atoms with E-state index in [0.29, 0.717) is 6.54 Å². The third-order valence-electron chi connectivity index (χ3n) is 4.73. The van der Waals surface area contributed by atoms with Gasteiger partial charge in [-0.15, -0.1) is 24.8 Å². The molecule has 3 N–H and O–H groups in total. The summed E-state index contributed by atoms with van der Waals surface area (Å²) in [4.78, 5) is 14.9. The smallest absolute Gasteiger partial charge is 0.253 e. The largest absolute Gasteiger partial charge is 0.364 e. The Hall–Kier alpha value is -0.500. The Morgan fingerprint density at radius 1 is 1.31 bits per heavy atom. The Morgan fingerprint density at radius 3 is 2.69 bits per heavy atom. The average molecular weight is 422 g/mol. The molecule has 1 amide bonds. The zero-order valence-corrected chi connectivity index (χ0v) is 17.6. The minimum absolute atomic E-state index is 0. The number of anilines is 1. The monoisotopic (exact) mass is 421 g/mol. The van der Waals surface area contributed by atoms with Gasteiger partial charge in [0.25, 0.3) is 5.91 Å². The van der Waals surface area contributed by atoms with E-state index in [1.54, 1.807) is 0 Å². The summed E-state index contributed by atoms with van der Waals surface area (Å²) in [6.07, 6.45) is 1.25. The Kier molecular flexibility index (Phi) is 10.3. The third-order valence-corrected chi connectivity index (χ3v) is 5.68. The lowest BCUT2D eigenvalue weighted by Gasteiger charge is -2.26. The van der Waals surface area contributed by atoms with Crippen molar-refractivity contribution in [2.45, 2.75) is 38.5 Å². The van der Waals surface area contributed by atoms with Crippen LogP contribution < -0.4 is 11.1 Å². The molecule has 8 heteroatoms. The number of carbonyl (C=O) groups excluding carboxylic acids is 1. The van der Waals surface area contributed by atoms with E-state index < -0.39 is 0 Å². The second-order valence-corrected chi connectivity index (χ2v) is 7.81. The lowest BCUT2D eigenvalue weighted by Crippen LogP contribution is -2.32. The Balaban J connectivity index is 0.00000169. The molecule has 0 aliphatic carbocycles. The summed E-state index contributed by atoms with van der Waals surface area (Å²) in [6, 6.07) is 6.34. The lowest BCUT2D eigenvalue weighted by molar-refractivity contribution is -0.126. The molecule has 2 saturated heterocycles. The SMILES string of the molecule is Cc1ccc(CN2CCSCC2)cc1NC(=O)[C@@H]1CC[C@H](CN)O1.Cl.Cl. The highest BCUT2D eigenvalue weighted by Gasteiger charge is 2.30. The van der Waals surface area contributed by atoms with Crippen molar-refractivity contribution in [3.8, 4) is 0 Å². The first-order valence-corrected chi connectivity index (χ1v) is 9.87. The molecule has 0 unspecified atom stereocenters.